The molecule has 0 atom stereocenters. The maximum absolute atomic E-state index is 13.0. The van der Waals surface area contributed by atoms with Crippen molar-refractivity contribution < 1.29 is 9.53 Å². The quantitative estimate of drug-likeness (QED) is 0.660. The van der Waals surface area contributed by atoms with Gasteiger partial charge in [0.25, 0.3) is 0 Å². The van der Waals surface area contributed by atoms with Crippen LogP contribution in [0.25, 0.3) is 5.65 Å². The molecular formula is C25H29N3O2. The Kier molecular flexibility index (Phi) is 5.30. The molecule has 0 saturated carbocycles. The van der Waals surface area contributed by atoms with Gasteiger partial charge in [-0.25, -0.2) is 4.98 Å². The van der Waals surface area contributed by atoms with E-state index in [1.165, 1.54) is 5.56 Å². The fourth-order valence-corrected chi connectivity index (χ4v) is 5.08. The summed E-state index contributed by atoms with van der Waals surface area (Å²) in [5.41, 5.74) is 3.23. The molecule has 30 heavy (non-hydrogen) atoms. The second-order valence-corrected chi connectivity index (χ2v) is 8.68. The average Bonchev–Trinajstić information content (AvgIpc) is 3.25. The van der Waals surface area contributed by atoms with Crippen LogP contribution in [0.3, 0.4) is 0 Å². The molecule has 0 N–H and O–H groups in total. The number of hydrogen-bond donors (Lipinski definition) is 0. The van der Waals surface area contributed by atoms with E-state index >= 15 is 0 Å². The van der Waals surface area contributed by atoms with Crippen molar-refractivity contribution in [2.45, 2.75) is 37.5 Å². The van der Waals surface area contributed by atoms with Gasteiger partial charge in [-0.3, -0.25) is 4.79 Å². The van der Waals surface area contributed by atoms with E-state index in [4.69, 9.17) is 9.72 Å². The van der Waals surface area contributed by atoms with Crippen molar-refractivity contribution >= 4 is 11.6 Å². The number of aromatic nitrogens is 2. The van der Waals surface area contributed by atoms with Gasteiger partial charge in [-0.05, 0) is 49.3 Å². The minimum Gasteiger partial charge on any atom is -0.381 e. The Morgan fingerprint density at radius 2 is 1.77 bits per heavy atom. The van der Waals surface area contributed by atoms with E-state index in [-0.39, 0.29) is 5.41 Å². The first-order valence-corrected chi connectivity index (χ1v) is 11.1. The standard InChI is InChI=1S/C25H29N3O2/c29-24(18-20-9-16-30-17-10-20)27-14-11-25(12-15-27,21-6-2-1-3-7-21)22-19-28-13-5-4-8-23(28)26-22/h1-8,13,19-20H,9-12,14-18H2. The Labute approximate surface area is 177 Å². The van der Waals surface area contributed by atoms with Crippen molar-refractivity contribution in [3.63, 3.8) is 0 Å². The summed E-state index contributed by atoms with van der Waals surface area (Å²) in [4.78, 5) is 20.0. The lowest BCUT2D eigenvalue weighted by Crippen LogP contribution is -2.46. The summed E-state index contributed by atoms with van der Waals surface area (Å²) in [7, 11) is 0. The minimum atomic E-state index is -0.150. The molecule has 5 heteroatoms. The zero-order valence-electron chi connectivity index (χ0n) is 17.4. The third-order valence-corrected chi connectivity index (χ3v) is 6.95. The zero-order chi connectivity index (χ0) is 20.4. The zero-order valence-corrected chi connectivity index (χ0v) is 17.4. The Balaban J connectivity index is 1.39. The molecule has 5 rings (SSSR count). The molecule has 0 spiro atoms. The second-order valence-electron chi connectivity index (χ2n) is 8.68. The molecule has 2 aliphatic heterocycles. The third kappa shape index (κ3) is 3.63. The maximum atomic E-state index is 13.0. The van der Waals surface area contributed by atoms with E-state index in [0.29, 0.717) is 18.2 Å². The Bertz CT molecular complexity index is 966. The van der Waals surface area contributed by atoms with E-state index in [2.05, 4.69) is 58.1 Å². The lowest BCUT2D eigenvalue weighted by molar-refractivity contribution is -0.134. The number of nitrogens with zero attached hydrogens (tertiary/aromatic N) is 3. The number of carbonyl (C=O) groups is 1. The predicted octanol–water partition coefficient (Wildman–Crippen LogP) is 4.06. The maximum Gasteiger partial charge on any atom is 0.222 e. The van der Waals surface area contributed by atoms with Crippen LogP contribution in [0.2, 0.25) is 0 Å². The molecule has 2 saturated heterocycles. The van der Waals surface area contributed by atoms with Gasteiger partial charge in [0.2, 0.25) is 5.91 Å². The minimum absolute atomic E-state index is 0.150. The largest absolute Gasteiger partial charge is 0.381 e. The molecule has 2 fully saturated rings. The van der Waals surface area contributed by atoms with Crippen LogP contribution in [0.5, 0.6) is 0 Å². The molecule has 3 aromatic rings. The fourth-order valence-electron chi connectivity index (χ4n) is 5.08. The first-order valence-electron chi connectivity index (χ1n) is 11.1. The van der Waals surface area contributed by atoms with Gasteiger partial charge in [0.15, 0.2) is 0 Å². The lowest BCUT2D eigenvalue weighted by Gasteiger charge is -2.41. The number of ether oxygens (including phenoxy) is 1. The van der Waals surface area contributed by atoms with Crippen LogP contribution in [0, 0.1) is 5.92 Å². The summed E-state index contributed by atoms with van der Waals surface area (Å²) in [6.07, 6.45) is 8.71. The van der Waals surface area contributed by atoms with Crippen molar-refractivity contribution in [3.05, 3.63) is 72.2 Å². The fraction of sp³-hybridized carbons (Fsp3) is 0.440. The lowest BCUT2D eigenvalue weighted by atomic mass is 9.70. The van der Waals surface area contributed by atoms with Crippen LogP contribution in [0.1, 0.15) is 43.4 Å². The highest BCUT2D eigenvalue weighted by atomic mass is 16.5. The van der Waals surface area contributed by atoms with E-state index in [0.717, 1.165) is 63.3 Å². The topological polar surface area (TPSA) is 46.8 Å². The van der Waals surface area contributed by atoms with Crippen LogP contribution in [0.4, 0.5) is 0 Å². The number of hydrogen-bond acceptors (Lipinski definition) is 3. The van der Waals surface area contributed by atoms with E-state index in [1.54, 1.807) is 0 Å². The molecule has 5 nitrogen and oxygen atoms in total. The van der Waals surface area contributed by atoms with Gasteiger partial charge in [0.05, 0.1) is 5.69 Å². The monoisotopic (exact) mass is 403 g/mol. The Hall–Kier alpha value is -2.66. The number of likely N-dealkylation sites (tertiary alicyclic amines) is 1. The summed E-state index contributed by atoms with van der Waals surface area (Å²) >= 11 is 0. The van der Waals surface area contributed by atoms with Crippen LogP contribution >= 0.6 is 0 Å². The SMILES string of the molecule is O=C(CC1CCOCC1)N1CCC(c2ccccc2)(c2cn3ccccc3n2)CC1. The summed E-state index contributed by atoms with van der Waals surface area (Å²) in [6.45, 7) is 3.15. The van der Waals surface area contributed by atoms with Gasteiger partial charge in [-0.2, -0.15) is 0 Å². The van der Waals surface area contributed by atoms with Gasteiger partial charge in [-0.15, -0.1) is 0 Å². The number of imidazole rings is 1. The molecule has 2 aliphatic rings. The van der Waals surface area contributed by atoms with Crippen molar-refractivity contribution in [2.24, 2.45) is 5.92 Å². The first-order chi connectivity index (χ1) is 14.7. The number of amides is 1. The molecular weight excluding hydrogens is 374 g/mol. The Morgan fingerprint density at radius 1 is 1.03 bits per heavy atom. The molecule has 2 aromatic heterocycles. The summed E-state index contributed by atoms with van der Waals surface area (Å²) in [5.74, 6) is 0.782. The molecule has 1 aromatic carbocycles. The van der Waals surface area contributed by atoms with Crippen molar-refractivity contribution in [1.29, 1.82) is 0 Å². The number of piperidine rings is 1. The van der Waals surface area contributed by atoms with Crippen molar-refractivity contribution in [3.8, 4) is 0 Å². The molecule has 0 bridgehead atoms. The summed E-state index contributed by atoms with van der Waals surface area (Å²) in [6, 6.07) is 16.8. The molecule has 0 aliphatic carbocycles. The number of fused-ring (bicyclic) bond motifs is 1. The van der Waals surface area contributed by atoms with E-state index in [9.17, 15) is 4.79 Å². The van der Waals surface area contributed by atoms with Gasteiger partial charge in [0, 0.05) is 50.5 Å². The molecule has 1 amide bonds. The van der Waals surface area contributed by atoms with Gasteiger partial charge < -0.3 is 14.0 Å². The van der Waals surface area contributed by atoms with Crippen molar-refractivity contribution in [1.82, 2.24) is 14.3 Å². The number of pyridine rings is 1. The van der Waals surface area contributed by atoms with Crippen LogP contribution in [-0.4, -0.2) is 46.5 Å². The third-order valence-electron chi connectivity index (χ3n) is 6.95. The predicted molar refractivity (Wildman–Crippen MR) is 116 cm³/mol. The first kappa shape index (κ1) is 19.3. The second kappa shape index (κ2) is 8.23. The van der Waals surface area contributed by atoms with Crippen LogP contribution < -0.4 is 0 Å². The molecule has 4 heterocycles. The highest BCUT2D eigenvalue weighted by Gasteiger charge is 2.41. The normalized spacial score (nSPS) is 19.8. The molecule has 156 valence electrons. The van der Waals surface area contributed by atoms with Crippen LogP contribution in [0.15, 0.2) is 60.9 Å². The highest BCUT2D eigenvalue weighted by molar-refractivity contribution is 5.76. The number of benzene rings is 1. The van der Waals surface area contributed by atoms with Gasteiger partial charge in [-0.1, -0.05) is 36.4 Å². The molecule has 0 radical (unpaired) electrons. The van der Waals surface area contributed by atoms with E-state index < -0.39 is 0 Å². The highest BCUT2D eigenvalue weighted by Crippen LogP contribution is 2.41. The number of carbonyl (C=O) groups excluding carboxylic acids is 1. The smallest absolute Gasteiger partial charge is 0.222 e. The summed E-state index contributed by atoms with van der Waals surface area (Å²) < 4.78 is 7.54. The van der Waals surface area contributed by atoms with Crippen molar-refractivity contribution in [2.75, 3.05) is 26.3 Å². The van der Waals surface area contributed by atoms with Crippen LogP contribution in [-0.2, 0) is 14.9 Å². The van der Waals surface area contributed by atoms with Gasteiger partial charge in [0.1, 0.15) is 5.65 Å². The average molecular weight is 404 g/mol. The Morgan fingerprint density at radius 3 is 2.50 bits per heavy atom. The molecule has 0 unspecified atom stereocenters. The van der Waals surface area contributed by atoms with Gasteiger partial charge >= 0.3 is 0 Å². The van der Waals surface area contributed by atoms with E-state index in [1.807, 2.05) is 12.1 Å². The summed E-state index contributed by atoms with van der Waals surface area (Å²) in [5, 5.41) is 0. The number of rotatable bonds is 4.